The van der Waals surface area contributed by atoms with Crippen molar-refractivity contribution in [2.45, 2.75) is 32.4 Å². The fraction of sp³-hybridized carbons (Fsp3) is 0.714. The van der Waals surface area contributed by atoms with Crippen LogP contribution in [0, 0.1) is 5.92 Å². The summed E-state index contributed by atoms with van der Waals surface area (Å²) in [5.74, 6) is 0.406. The van der Waals surface area contributed by atoms with Crippen molar-refractivity contribution >= 4 is 10.0 Å². The standard InChI is InChI=1S/C14H25N3O2S/c1-12(15-2)14-6-8-16(11-14)9-13-5-4-7-17(10-13)20(3,18)19/h6,8,11-13,15H,4-5,7,9-10H2,1-3H3. The summed E-state index contributed by atoms with van der Waals surface area (Å²) in [4.78, 5) is 0. The van der Waals surface area contributed by atoms with Crippen LogP contribution in [-0.2, 0) is 16.6 Å². The van der Waals surface area contributed by atoms with E-state index < -0.39 is 10.0 Å². The van der Waals surface area contributed by atoms with Gasteiger partial charge in [-0.2, -0.15) is 0 Å². The molecule has 0 saturated carbocycles. The molecule has 1 saturated heterocycles. The summed E-state index contributed by atoms with van der Waals surface area (Å²) in [5.41, 5.74) is 1.27. The number of hydrogen-bond donors (Lipinski definition) is 1. The summed E-state index contributed by atoms with van der Waals surface area (Å²) in [5, 5.41) is 3.22. The van der Waals surface area contributed by atoms with Crippen LogP contribution < -0.4 is 5.32 Å². The molecule has 0 amide bonds. The summed E-state index contributed by atoms with van der Waals surface area (Å²) in [7, 11) is -1.10. The zero-order valence-corrected chi connectivity index (χ0v) is 13.4. The molecule has 1 aliphatic rings. The third-order valence-corrected chi connectivity index (χ3v) is 5.40. The Bertz CT molecular complexity index is 538. The van der Waals surface area contributed by atoms with E-state index in [1.807, 2.05) is 7.05 Å². The minimum atomic E-state index is -3.05. The lowest BCUT2D eigenvalue weighted by molar-refractivity contribution is 0.246. The van der Waals surface area contributed by atoms with Gasteiger partial charge in [0.25, 0.3) is 0 Å². The molecule has 2 atom stereocenters. The second kappa shape index (κ2) is 6.28. The molecular weight excluding hydrogens is 274 g/mol. The maximum atomic E-state index is 11.6. The van der Waals surface area contributed by atoms with Crippen LogP contribution in [-0.4, -0.2) is 43.7 Å². The Labute approximate surface area is 122 Å². The summed E-state index contributed by atoms with van der Waals surface area (Å²) >= 11 is 0. The smallest absolute Gasteiger partial charge is 0.211 e. The van der Waals surface area contributed by atoms with Crippen LogP contribution in [0.2, 0.25) is 0 Å². The van der Waals surface area contributed by atoms with Crippen molar-refractivity contribution in [1.29, 1.82) is 0 Å². The quantitative estimate of drug-likeness (QED) is 0.895. The van der Waals surface area contributed by atoms with Crippen molar-refractivity contribution in [1.82, 2.24) is 14.2 Å². The lowest BCUT2D eigenvalue weighted by atomic mass is 10.00. The van der Waals surface area contributed by atoms with E-state index in [9.17, 15) is 8.42 Å². The number of piperidine rings is 1. The van der Waals surface area contributed by atoms with Gasteiger partial charge in [0.05, 0.1) is 6.26 Å². The molecule has 114 valence electrons. The Hall–Kier alpha value is -0.850. The van der Waals surface area contributed by atoms with E-state index in [2.05, 4.69) is 35.3 Å². The molecule has 20 heavy (non-hydrogen) atoms. The highest BCUT2D eigenvalue weighted by atomic mass is 32.2. The van der Waals surface area contributed by atoms with Crippen LogP contribution in [0.1, 0.15) is 31.4 Å². The monoisotopic (exact) mass is 299 g/mol. The fourth-order valence-electron chi connectivity index (χ4n) is 2.77. The second-order valence-corrected chi connectivity index (χ2v) is 7.76. The van der Waals surface area contributed by atoms with Crippen molar-refractivity contribution in [2.75, 3.05) is 26.4 Å². The molecule has 0 bridgehead atoms. The van der Waals surface area contributed by atoms with Crippen LogP contribution >= 0.6 is 0 Å². The Morgan fingerprint density at radius 1 is 1.50 bits per heavy atom. The highest BCUT2D eigenvalue weighted by molar-refractivity contribution is 7.88. The second-order valence-electron chi connectivity index (χ2n) is 5.78. The summed E-state index contributed by atoms with van der Waals surface area (Å²) in [6, 6.07) is 2.47. The van der Waals surface area contributed by atoms with Gasteiger partial charge < -0.3 is 9.88 Å². The molecule has 0 spiro atoms. The van der Waals surface area contributed by atoms with E-state index in [1.54, 1.807) is 4.31 Å². The normalized spacial score (nSPS) is 22.9. The largest absolute Gasteiger partial charge is 0.354 e. The number of sulfonamides is 1. The molecule has 2 heterocycles. The molecule has 5 nitrogen and oxygen atoms in total. The Morgan fingerprint density at radius 3 is 2.90 bits per heavy atom. The molecule has 0 aliphatic carbocycles. The highest BCUT2D eigenvalue weighted by Gasteiger charge is 2.25. The molecule has 1 N–H and O–H groups in total. The lowest BCUT2D eigenvalue weighted by Gasteiger charge is -2.31. The Morgan fingerprint density at radius 2 is 2.25 bits per heavy atom. The van der Waals surface area contributed by atoms with Gasteiger partial charge in [-0.3, -0.25) is 0 Å². The lowest BCUT2D eigenvalue weighted by Crippen LogP contribution is -2.40. The van der Waals surface area contributed by atoms with Gasteiger partial charge in [-0.15, -0.1) is 0 Å². The van der Waals surface area contributed by atoms with Gasteiger partial charge in [-0.25, -0.2) is 12.7 Å². The first-order chi connectivity index (χ1) is 9.40. The van der Waals surface area contributed by atoms with Crippen LogP contribution in [0.4, 0.5) is 0 Å². The molecule has 1 aromatic rings. The third kappa shape index (κ3) is 3.84. The minimum Gasteiger partial charge on any atom is -0.354 e. The number of hydrogen-bond acceptors (Lipinski definition) is 3. The van der Waals surface area contributed by atoms with Crippen molar-refractivity contribution in [3.05, 3.63) is 24.0 Å². The molecule has 1 fully saturated rings. The zero-order chi connectivity index (χ0) is 14.8. The minimum absolute atomic E-state index is 0.343. The zero-order valence-electron chi connectivity index (χ0n) is 12.5. The predicted molar refractivity (Wildman–Crippen MR) is 81.0 cm³/mol. The van der Waals surface area contributed by atoms with E-state index in [0.717, 1.165) is 19.4 Å². The Kier molecular flexibility index (Phi) is 4.88. The molecule has 1 aliphatic heterocycles. The SMILES string of the molecule is CNC(C)c1ccn(CC2CCCN(S(C)(=O)=O)C2)c1. The summed E-state index contributed by atoms with van der Waals surface area (Å²) in [6.07, 6.45) is 7.60. The van der Waals surface area contributed by atoms with Crippen molar-refractivity contribution in [2.24, 2.45) is 5.92 Å². The van der Waals surface area contributed by atoms with Crippen molar-refractivity contribution in [3.63, 3.8) is 0 Å². The number of rotatable bonds is 5. The van der Waals surface area contributed by atoms with Gasteiger partial charge in [-0.05, 0) is 44.4 Å². The molecule has 6 heteroatoms. The first kappa shape index (κ1) is 15.5. The average Bonchev–Trinajstić information content (AvgIpc) is 2.85. The van der Waals surface area contributed by atoms with Gasteiger partial charge >= 0.3 is 0 Å². The van der Waals surface area contributed by atoms with Gasteiger partial charge in [0.1, 0.15) is 0 Å². The topological polar surface area (TPSA) is 54.3 Å². The maximum absolute atomic E-state index is 11.6. The van der Waals surface area contributed by atoms with Crippen LogP contribution in [0.15, 0.2) is 18.5 Å². The van der Waals surface area contributed by atoms with Crippen LogP contribution in [0.5, 0.6) is 0 Å². The Balaban J connectivity index is 1.98. The summed E-state index contributed by atoms with van der Waals surface area (Å²) in [6.45, 7) is 4.34. The summed E-state index contributed by atoms with van der Waals surface area (Å²) < 4.78 is 27.0. The molecule has 2 rings (SSSR count). The highest BCUT2D eigenvalue weighted by Crippen LogP contribution is 2.21. The average molecular weight is 299 g/mol. The van der Waals surface area contributed by atoms with Gasteiger partial charge in [0.15, 0.2) is 0 Å². The van der Waals surface area contributed by atoms with E-state index in [-0.39, 0.29) is 0 Å². The van der Waals surface area contributed by atoms with Crippen molar-refractivity contribution in [3.8, 4) is 0 Å². The number of nitrogens with zero attached hydrogens (tertiary/aromatic N) is 2. The number of aromatic nitrogens is 1. The van der Waals surface area contributed by atoms with E-state index in [1.165, 1.54) is 11.8 Å². The van der Waals surface area contributed by atoms with Crippen LogP contribution in [0.25, 0.3) is 0 Å². The molecule has 2 unspecified atom stereocenters. The van der Waals surface area contributed by atoms with Crippen molar-refractivity contribution < 1.29 is 8.42 Å². The molecule has 1 aromatic heterocycles. The van der Waals surface area contributed by atoms with E-state index in [4.69, 9.17) is 0 Å². The first-order valence-corrected chi connectivity index (χ1v) is 9.03. The van der Waals surface area contributed by atoms with Gasteiger partial charge in [0.2, 0.25) is 10.0 Å². The molecular formula is C14H25N3O2S. The van der Waals surface area contributed by atoms with Crippen LogP contribution in [0.3, 0.4) is 0 Å². The number of nitrogens with one attached hydrogen (secondary N) is 1. The maximum Gasteiger partial charge on any atom is 0.211 e. The predicted octanol–water partition coefficient (Wildman–Crippen LogP) is 1.44. The molecule has 0 radical (unpaired) electrons. The van der Waals surface area contributed by atoms with Gasteiger partial charge in [0, 0.05) is 38.1 Å². The first-order valence-electron chi connectivity index (χ1n) is 7.18. The van der Waals surface area contributed by atoms with E-state index >= 15 is 0 Å². The molecule has 0 aromatic carbocycles. The van der Waals surface area contributed by atoms with E-state index in [0.29, 0.717) is 25.0 Å². The fourth-order valence-corrected chi connectivity index (χ4v) is 3.71. The van der Waals surface area contributed by atoms with Gasteiger partial charge in [-0.1, -0.05) is 0 Å². The third-order valence-electron chi connectivity index (χ3n) is 4.13.